The zero-order valence-corrected chi connectivity index (χ0v) is 8.45. The summed E-state index contributed by atoms with van der Waals surface area (Å²) in [6, 6.07) is 0.0952. The highest BCUT2D eigenvalue weighted by Gasteiger charge is 2.11. The molecular weight excluding hydrogens is 200 g/mol. The van der Waals surface area contributed by atoms with E-state index >= 15 is 0 Å². The van der Waals surface area contributed by atoms with Crippen LogP contribution in [-0.2, 0) is 6.54 Å². The third kappa shape index (κ3) is 3.33. The largest absolute Gasteiger partial charge is 0.319 e. The van der Waals surface area contributed by atoms with Crippen LogP contribution in [0.15, 0.2) is 12.4 Å². The lowest BCUT2D eigenvalue weighted by Crippen LogP contribution is -2.26. The molecular formula is C10H13F2N3. The maximum absolute atomic E-state index is 12.4. The van der Waals surface area contributed by atoms with Crippen molar-refractivity contribution < 1.29 is 8.78 Å². The van der Waals surface area contributed by atoms with Gasteiger partial charge >= 0.3 is 6.55 Å². The molecule has 0 aromatic carbocycles. The molecule has 0 aliphatic rings. The summed E-state index contributed by atoms with van der Waals surface area (Å²) in [4.78, 5) is 3.84. The third-order valence-electron chi connectivity index (χ3n) is 1.99. The molecule has 0 fully saturated rings. The number of rotatable bonds is 5. The fourth-order valence-electron chi connectivity index (χ4n) is 1.17. The number of terminal acetylenes is 1. The van der Waals surface area contributed by atoms with Gasteiger partial charge in [0.25, 0.3) is 0 Å². The summed E-state index contributed by atoms with van der Waals surface area (Å²) in [5.41, 5.74) is 0. The van der Waals surface area contributed by atoms with E-state index in [0.717, 1.165) is 4.57 Å². The number of imidazole rings is 1. The van der Waals surface area contributed by atoms with Gasteiger partial charge in [-0.3, -0.25) is 4.57 Å². The first-order valence-electron chi connectivity index (χ1n) is 4.62. The Bertz CT molecular complexity index is 341. The smallest absolute Gasteiger partial charge is 0.306 e. The van der Waals surface area contributed by atoms with E-state index in [0.29, 0.717) is 18.8 Å². The van der Waals surface area contributed by atoms with Crippen molar-refractivity contribution in [3.05, 3.63) is 18.2 Å². The Hall–Kier alpha value is -1.41. The number of aromatic nitrogens is 2. The highest BCUT2D eigenvalue weighted by molar-refractivity contribution is 4.94. The van der Waals surface area contributed by atoms with Crippen LogP contribution < -0.4 is 5.32 Å². The molecule has 0 spiro atoms. The van der Waals surface area contributed by atoms with Gasteiger partial charge in [-0.15, -0.1) is 12.3 Å². The molecule has 5 heteroatoms. The third-order valence-corrected chi connectivity index (χ3v) is 1.99. The summed E-state index contributed by atoms with van der Waals surface area (Å²) in [7, 11) is 0. The molecule has 1 heterocycles. The lowest BCUT2D eigenvalue weighted by Gasteiger charge is -2.11. The van der Waals surface area contributed by atoms with Gasteiger partial charge in [-0.05, 0) is 6.92 Å². The van der Waals surface area contributed by atoms with Gasteiger partial charge in [-0.2, -0.15) is 8.78 Å². The molecule has 1 N–H and O–H groups in total. The fraction of sp³-hybridized carbons (Fsp3) is 0.500. The van der Waals surface area contributed by atoms with E-state index in [4.69, 9.17) is 6.42 Å². The number of hydrogen-bond donors (Lipinski definition) is 1. The van der Waals surface area contributed by atoms with E-state index in [1.807, 2.05) is 6.92 Å². The zero-order valence-electron chi connectivity index (χ0n) is 8.45. The zero-order chi connectivity index (χ0) is 11.3. The lowest BCUT2D eigenvalue weighted by atomic mass is 10.2. The van der Waals surface area contributed by atoms with Crippen LogP contribution in [0.1, 0.15) is 25.7 Å². The van der Waals surface area contributed by atoms with Gasteiger partial charge in [-0.25, -0.2) is 4.98 Å². The molecule has 3 nitrogen and oxygen atoms in total. The van der Waals surface area contributed by atoms with Gasteiger partial charge in [0.15, 0.2) is 0 Å². The minimum Gasteiger partial charge on any atom is -0.306 e. The Morgan fingerprint density at radius 1 is 1.67 bits per heavy atom. The molecule has 1 atom stereocenters. The van der Waals surface area contributed by atoms with Crippen molar-refractivity contribution in [2.45, 2.75) is 32.5 Å². The van der Waals surface area contributed by atoms with Crippen LogP contribution in [0.5, 0.6) is 0 Å². The van der Waals surface area contributed by atoms with Gasteiger partial charge in [0.2, 0.25) is 0 Å². The molecule has 0 saturated carbocycles. The summed E-state index contributed by atoms with van der Waals surface area (Å²) >= 11 is 0. The maximum Gasteiger partial charge on any atom is 0.319 e. The van der Waals surface area contributed by atoms with Crippen LogP contribution in [-0.4, -0.2) is 15.6 Å². The Labute approximate surface area is 87.5 Å². The van der Waals surface area contributed by atoms with E-state index in [2.05, 4.69) is 16.2 Å². The molecule has 0 radical (unpaired) electrons. The first-order chi connectivity index (χ1) is 7.15. The van der Waals surface area contributed by atoms with Crippen molar-refractivity contribution >= 4 is 0 Å². The standard InChI is InChI=1S/C10H13F2N3/c1-3-4-8(2)14-7-9-13-5-6-15(9)10(11)12/h1,5-6,8,10,14H,4,7H2,2H3. The molecule has 0 aliphatic carbocycles. The maximum atomic E-state index is 12.4. The molecule has 82 valence electrons. The predicted octanol–water partition coefficient (Wildman–Crippen LogP) is 1.78. The van der Waals surface area contributed by atoms with E-state index in [1.54, 1.807) is 0 Å². The summed E-state index contributed by atoms with van der Waals surface area (Å²) < 4.78 is 25.6. The van der Waals surface area contributed by atoms with Crippen LogP contribution in [0.3, 0.4) is 0 Å². The van der Waals surface area contributed by atoms with Crippen molar-refractivity contribution in [3.8, 4) is 12.3 Å². The summed E-state index contributed by atoms with van der Waals surface area (Å²) in [5.74, 6) is 2.81. The van der Waals surface area contributed by atoms with Gasteiger partial charge in [-0.1, -0.05) is 0 Å². The molecule has 0 aliphatic heterocycles. The second-order valence-corrected chi connectivity index (χ2v) is 3.22. The van der Waals surface area contributed by atoms with Crippen LogP contribution in [0.4, 0.5) is 8.78 Å². The lowest BCUT2D eigenvalue weighted by molar-refractivity contribution is 0.0665. The number of hydrogen-bond acceptors (Lipinski definition) is 2. The summed E-state index contributed by atoms with van der Waals surface area (Å²) in [6.45, 7) is -0.359. The number of nitrogens with one attached hydrogen (secondary N) is 1. The van der Waals surface area contributed by atoms with Gasteiger partial charge in [0, 0.05) is 24.9 Å². The normalized spacial score (nSPS) is 12.7. The van der Waals surface area contributed by atoms with Crippen LogP contribution in [0.25, 0.3) is 0 Å². The minimum atomic E-state index is -2.55. The number of alkyl halides is 2. The SMILES string of the molecule is C#CCC(C)NCc1nccn1C(F)F. The monoisotopic (exact) mass is 213 g/mol. The van der Waals surface area contributed by atoms with Crippen LogP contribution >= 0.6 is 0 Å². The molecule has 15 heavy (non-hydrogen) atoms. The number of halogens is 2. The van der Waals surface area contributed by atoms with Crippen molar-refractivity contribution in [1.82, 2.24) is 14.9 Å². The molecule has 0 amide bonds. The molecule has 0 bridgehead atoms. The average Bonchev–Trinajstić information content (AvgIpc) is 2.63. The molecule has 0 saturated heterocycles. The molecule has 1 unspecified atom stereocenters. The Kier molecular flexibility index (Phi) is 4.25. The fourth-order valence-corrected chi connectivity index (χ4v) is 1.17. The van der Waals surface area contributed by atoms with Crippen LogP contribution in [0, 0.1) is 12.3 Å². The van der Waals surface area contributed by atoms with Gasteiger partial charge < -0.3 is 5.32 Å². The van der Waals surface area contributed by atoms with Crippen molar-refractivity contribution in [2.75, 3.05) is 0 Å². The second-order valence-electron chi connectivity index (χ2n) is 3.22. The second kappa shape index (κ2) is 5.47. The average molecular weight is 213 g/mol. The quantitative estimate of drug-likeness (QED) is 0.755. The topological polar surface area (TPSA) is 29.9 Å². The molecule has 1 aromatic heterocycles. The Morgan fingerprint density at radius 3 is 3.00 bits per heavy atom. The molecule has 1 aromatic rings. The first kappa shape index (κ1) is 11.7. The van der Waals surface area contributed by atoms with Gasteiger partial charge in [0.1, 0.15) is 5.82 Å². The van der Waals surface area contributed by atoms with E-state index in [9.17, 15) is 8.78 Å². The van der Waals surface area contributed by atoms with E-state index in [1.165, 1.54) is 12.4 Å². The Balaban J connectivity index is 2.51. The first-order valence-corrected chi connectivity index (χ1v) is 4.62. The highest BCUT2D eigenvalue weighted by atomic mass is 19.3. The summed E-state index contributed by atoms with van der Waals surface area (Å²) in [5, 5.41) is 3.02. The molecule has 1 rings (SSSR count). The highest BCUT2D eigenvalue weighted by Crippen LogP contribution is 2.12. The number of nitrogens with zero attached hydrogens (tertiary/aromatic N) is 2. The minimum absolute atomic E-state index is 0.0952. The van der Waals surface area contributed by atoms with E-state index < -0.39 is 6.55 Å². The Morgan fingerprint density at radius 2 is 2.40 bits per heavy atom. The van der Waals surface area contributed by atoms with Crippen molar-refractivity contribution in [1.29, 1.82) is 0 Å². The van der Waals surface area contributed by atoms with Crippen LogP contribution in [0.2, 0.25) is 0 Å². The predicted molar refractivity (Wildman–Crippen MR) is 53.2 cm³/mol. The van der Waals surface area contributed by atoms with Crippen molar-refractivity contribution in [2.24, 2.45) is 0 Å². The summed E-state index contributed by atoms with van der Waals surface area (Å²) in [6.07, 6.45) is 8.30. The van der Waals surface area contributed by atoms with Crippen molar-refractivity contribution in [3.63, 3.8) is 0 Å². The van der Waals surface area contributed by atoms with E-state index in [-0.39, 0.29) is 6.04 Å². The van der Waals surface area contributed by atoms with Gasteiger partial charge in [0.05, 0.1) is 6.54 Å².